The van der Waals surface area contributed by atoms with Gasteiger partial charge in [-0.15, -0.1) is 10.2 Å². The van der Waals surface area contributed by atoms with E-state index in [2.05, 4.69) is 17.1 Å². The topological polar surface area (TPSA) is 48.2 Å². The summed E-state index contributed by atoms with van der Waals surface area (Å²) in [4.78, 5) is 0. The van der Waals surface area contributed by atoms with Gasteiger partial charge >= 0.3 is 0 Å². The van der Waals surface area contributed by atoms with Crippen molar-refractivity contribution in [1.82, 2.24) is 10.2 Å². The Kier molecular flexibility index (Phi) is 4.39. The molecule has 22 heavy (non-hydrogen) atoms. The molecule has 5 heteroatoms. The SMILES string of the molecule is CCc1cc(Cl)ccc1OCc1nnc(-c2ccccc2)o1. The average molecular weight is 315 g/mol. The van der Waals surface area contributed by atoms with Crippen molar-refractivity contribution in [2.24, 2.45) is 0 Å². The lowest BCUT2D eigenvalue weighted by Gasteiger charge is -2.08. The fraction of sp³-hybridized carbons (Fsp3) is 0.176. The molecule has 0 aliphatic carbocycles. The van der Waals surface area contributed by atoms with Crippen LogP contribution in [0.5, 0.6) is 5.75 Å². The summed E-state index contributed by atoms with van der Waals surface area (Å²) in [7, 11) is 0. The predicted octanol–water partition coefficient (Wildman–Crippen LogP) is 4.53. The van der Waals surface area contributed by atoms with Crippen LogP contribution in [0.2, 0.25) is 5.02 Å². The normalized spacial score (nSPS) is 10.6. The molecule has 0 atom stereocenters. The van der Waals surface area contributed by atoms with Crippen molar-refractivity contribution >= 4 is 11.6 Å². The number of hydrogen-bond acceptors (Lipinski definition) is 4. The number of benzene rings is 2. The van der Waals surface area contributed by atoms with E-state index in [-0.39, 0.29) is 6.61 Å². The van der Waals surface area contributed by atoms with Crippen molar-refractivity contribution < 1.29 is 9.15 Å². The van der Waals surface area contributed by atoms with E-state index >= 15 is 0 Å². The highest BCUT2D eigenvalue weighted by molar-refractivity contribution is 6.30. The van der Waals surface area contributed by atoms with Crippen LogP contribution in [-0.4, -0.2) is 10.2 Å². The van der Waals surface area contributed by atoms with Crippen molar-refractivity contribution in [1.29, 1.82) is 0 Å². The average Bonchev–Trinajstić information content (AvgIpc) is 3.03. The molecule has 0 N–H and O–H groups in total. The molecule has 3 aromatic rings. The van der Waals surface area contributed by atoms with E-state index in [0.29, 0.717) is 16.8 Å². The second-order valence-electron chi connectivity index (χ2n) is 4.76. The van der Waals surface area contributed by atoms with Gasteiger partial charge in [-0.25, -0.2) is 0 Å². The first kappa shape index (κ1) is 14.6. The summed E-state index contributed by atoms with van der Waals surface area (Å²) < 4.78 is 11.4. The number of hydrogen-bond donors (Lipinski definition) is 0. The van der Waals surface area contributed by atoms with Crippen molar-refractivity contribution in [3.8, 4) is 17.2 Å². The van der Waals surface area contributed by atoms with Gasteiger partial charge in [0.25, 0.3) is 5.89 Å². The Morgan fingerprint density at radius 1 is 1.09 bits per heavy atom. The molecule has 0 aliphatic heterocycles. The van der Waals surface area contributed by atoms with Gasteiger partial charge < -0.3 is 9.15 Å². The Hall–Kier alpha value is -2.33. The molecule has 0 radical (unpaired) electrons. The van der Waals surface area contributed by atoms with Crippen LogP contribution in [0.4, 0.5) is 0 Å². The molecule has 4 nitrogen and oxygen atoms in total. The molecule has 0 amide bonds. The Bertz CT molecular complexity index is 756. The van der Waals surface area contributed by atoms with Crippen molar-refractivity contribution in [3.05, 3.63) is 65.0 Å². The molecule has 0 spiro atoms. The van der Waals surface area contributed by atoms with E-state index < -0.39 is 0 Å². The lowest BCUT2D eigenvalue weighted by Crippen LogP contribution is -1.98. The summed E-state index contributed by atoms with van der Waals surface area (Å²) in [5, 5.41) is 8.75. The van der Waals surface area contributed by atoms with Crippen LogP contribution in [0.15, 0.2) is 52.9 Å². The number of ether oxygens (including phenoxy) is 1. The maximum Gasteiger partial charge on any atom is 0.254 e. The Labute approximate surface area is 133 Å². The predicted molar refractivity (Wildman–Crippen MR) is 84.9 cm³/mol. The van der Waals surface area contributed by atoms with E-state index in [1.165, 1.54) is 0 Å². The summed E-state index contributed by atoms with van der Waals surface area (Å²) in [6.45, 7) is 2.28. The summed E-state index contributed by atoms with van der Waals surface area (Å²) in [6, 6.07) is 15.2. The van der Waals surface area contributed by atoms with Crippen molar-refractivity contribution in [2.45, 2.75) is 20.0 Å². The first-order valence-corrected chi connectivity index (χ1v) is 7.43. The second-order valence-corrected chi connectivity index (χ2v) is 5.20. The van der Waals surface area contributed by atoms with Crippen LogP contribution in [0, 0.1) is 0 Å². The monoisotopic (exact) mass is 314 g/mol. The smallest absolute Gasteiger partial charge is 0.254 e. The Balaban J connectivity index is 1.71. The molecular weight excluding hydrogens is 300 g/mol. The Morgan fingerprint density at radius 2 is 1.91 bits per heavy atom. The van der Waals surface area contributed by atoms with Gasteiger partial charge in [0.05, 0.1) is 0 Å². The molecule has 0 saturated carbocycles. The standard InChI is InChI=1S/C17H15ClN2O2/c1-2-12-10-14(18)8-9-15(12)21-11-16-19-20-17(22-16)13-6-4-3-5-7-13/h3-10H,2,11H2,1H3. The van der Waals surface area contributed by atoms with Crippen molar-refractivity contribution in [2.75, 3.05) is 0 Å². The van der Waals surface area contributed by atoms with Crippen LogP contribution in [0.3, 0.4) is 0 Å². The zero-order chi connectivity index (χ0) is 15.4. The molecular formula is C17H15ClN2O2. The lowest BCUT2D eigenvalue weighted by molar-refractivity contribution is 0.262. The van der Waals surface area contributed by atoms with Crippen LogP contribution < -0.4 is 4.74 Å². The molecule has 1 heterocycles. The van der Waals surface area contributed by atoms with Gasteiger partial charge in [0.1, 0.15) is 5.75 Å². The van der Waals surface area contributed by atoms with Crippen molar-refractivity contribution in [3.63, 3.8) is 0 Å². The first-order chi connectivity index (χ1) is 10.8. The molecule has 3 rings (SSSR count). The highest BCUT2D eigenvalue weighted by Gasteiger charge is 2.10. The van der Waals surface area contributed by atoms with Crippen LogP contribution in [0.25, 0.3) is 11.5 Å². The largest absolute Gasteiger partial charge is 0.484 e. The maximum absolute atomic E-state index is 5.99. The minimum Gasteiger partial charge on any atom is -0.484 e. The third-order valence-corrected chi connectivity index (χ3v) is 3.48. The number of rotatable bonds is 5. The molecule has 0 saturated heterocycles. The summed E-state index contributed by atoms with van der Waals surface area (Å²) >= 11 is 5.99. The molecule has 112 valence electrons. The summed E-state index contributed by atoms with van der Waals surface area (Å²) in [6.07, 6.45) is 0.842. The van der Waals surface area contributed by atoms with Gasteiger partial charge in [-0.2, -0.15) is 0 Å². The molecule has 0 aliphatic rings. The highest BCUT2D eigenvalue weighted by atomic mass is 35.5. The number of halogens is 1. The first-order valence-electron chi connectivity index (χ1n) is 7.05. The quantitative estimate of drug-likeness (QED) is 0.694. The van der Waals surface area contributed by atoms with Gasteiger partial charge in [-0.05, 0) is 42.3 Å². The highest BCUT2D eigenvalue weighted by Crippen LogP contribution is 2.24. The summed E-state index contributed by atoms with van der Waals surface area (Å²) in [5.41, 5.74) is 1.94. The van der Waals surface area contributed by atoms with E-state index in [1.807, 2.05) is 42.5 Å². The van der Waals surface area contributed by atoms with Gasteiger partial charge in [0.2, 0.25) is 5.89 Å². The van der Waals surface area contributed by atoms with Gasteiger partial charge in [-0.3, -0.25) is 0 Å². The van der Waals surface area contributed by atoms with Gasteiger partial charge in [0, 0.05) is 10.6 Å². The van der Waals surface area contributed by atoms with Gasteiger partial charge in [-0.1, -0.05) is 36.7 Å². The fourth-order valence-corrected chi connectivity index (χ4v) is 2.31. The summed E-state index contributed by atoms with van der Waals surface area (Å²) in [5.74, 6) is 1.72. The zero-order valence-corrected chi connectivity index (χ0v) is 12.9. The molecule has 0 bridgehead atoms. The minimum atomic E-state index is 0.231. The zero-order valence-electron chi connectivity index (χ0n) is 12.1. The molecule has 2 aromatic carbocycles. The second kappa shape index (κ2) is 6.62. The van der Waals surface area contributed by atoms with Crippen LogP contribution in [0.1, 0.15) is 18.4 Å². The van der Waals surface area contributed by atoms with Crippen LogP contribution >= 0.6 is 11.6 Å². The lowest BCUT2D eigenvalue weighted by atomic mass is 10.1. The third-order valence-electron chi connectivity index (χ3n) is 3.24. The molecule has 1 aromatic heterocycles. The minimum absolute atomic E-state index is 0.231. The number of nitrogens with zero attached hydrogens (tertiary/aromatic N) is 2. The maximum atomic E-state index is 5.99. The van der Waals surface area contributed by atoms with Gasteiger partial charge in [0.15, 0.2) is 6.61 Å². The number of aromatic nitrogens is 2. The van der Waals surface area contributed by atoms with E-state index in [0.717, 1.165) is 23.3 Å². The van der Waals surface area contributed by atoms with E-state index in [1.54, 1.807) is 6.07 Å². The molecule has 0 fully saturated rings. The fourth-order valence-electron chi connectivity index (χ4n) is 2.11. The van der Waals surface area contributed by atoms with Crippen LogP contribution in [-0.2, 0) is 13.0 Å². The van der Waals surface area contributed by atoms with E-state index in [4.69, 9.17) is 20.8 Å². The Morgan fingerprint density at radius 3 is 2.68 bits per heavy atom. The van der Waals surface area contributed by atoms with E-state index in [9.17, 15) is 0 Å². The number of aryl methyl sites for hydroxylation is 1. The molecule has 0 unspecified atom stereocenters. The third kappa shape index (κ3) is 3.28.